The number of hydrogen-bond donors (Lipinski definition) is 0. The van der Waals surface area contributed by atoms with Gasteiger partial charge in [-0.25, -0.2) is 8.42 Å². The maximum atomic E-state index is 12.6. The molecule has 0 N–H and O–H groups in total. The lowest BCUT2D eigenvalue weighted by Gasteiger charge is -2.06. The molecule has 0 fully saturated rings. The lowest BCUT2D eigenvalue weighted by Crippen LogP contribution is -2.03. The molecule has 0 atom stereocenters. The van der Waals surface area contributed by atoms with E-state index in [1.807, 2.05) is 6.92 Å². The maximum Gasteiger partial charge on any atom is 0.216 e. The van der Waals surface area contributed by atoms with Crippen LogP contribution in [0.1, 0.15) is 18.9 Å². The van der Waals surface area contributed by atoms with Crippen LogP contribution >= 0.6 is 11.6 Å². The molecule has 0 heterocycles. The Balaban J connectivity index is 2.38. The molecular formula is C18H16ClNO3S. The Morgan fingerprint density at radius 1 is 1.25 bits per heavy atom. The van der Waals surface area contributed by atoms with Gasteiger partial charge in [-0.1, -0.05) is 30.7 Å². The second kappa shape index (κ2) is 8.00. The van der Waals surface area contributed by atoms with E-state index in [2.05, 4.69) is 0 Å². The molecule has 0 unspecified atom stereocenters. The molecule has 0 aromatic heterocycles. The average molecular weight is 362 g/mol. The Kier molecular flexibility index (Phi) is 6.02. The summed E-state index contributed by atoms with van der Waals surface area (Å²) in [5.41, 5.74) is 0.581. The molecule has 0 aliphatic rings. The number of ether oxygens (including phenoxy) is 1. The fourth-order valence-electron chi connectivity index (χ4n) is 1.98. The first kappa shape index (κ1) is 18.1. The molecule has 0 saturated heterocycles. The first-order valence-electron chi connectivity index (χ1n) is 7.32. The van der Waals surface area contributed by atoms with Gasteiger partial charge in [-0.2, -0.15) is 5.26 Å². The molecular weight excluding hydrogens is 346 g/mol. The number of sulfone groups is 1. The number of halogens is 1. The molecule has 0 amide bonds. The van der Waals surface area contributed by atoms with Crippen molar-refractivity contribution < 1.29 is 13.2 Å². The van der Waals surface area contributed by atoms with E-state index in [1.54, 1.807) is 30.3 Å². The van der Waals surface area contributed by atoms with Crippen LogP contribution < -0.4 is 4.74 Å². The molecule has 0 radical (unpaired) electrons. The van der Waals surface area contributed by atoms with Gasteiger partial charge >= 0.3 is 0 Å². The van der Waals surface area contributed by atoms with Crippen molar-refractivity contribution in [3.8, 4) is 11.8 Å². The van der Waals surface area contributed by atoms with E-state index < -0.39 is 9.84 Å². The van der Waals surface area contributed by atoms with Crippen molar-refractivity contribution in [3.05, 3.63) is 64.0 Å². The molecule has 0 aliphatic carbocycles. The number of benzene rings is 2. The van der Waals surface area contributed by atoms with Crippen LogP contribution in [0.25, 0.3) is 6.08 Å². The molecule has 0 bridgehead atoms. The van der Waals surface area contributed by atoms with E-state index in [9.17, 15) is 13.7 Å². The normalized spacial score (nSPS) is 11.8. The van der Waals surface area contributed by atoms with Crippen LogP contribution in [0.3, 0.4) is 0 Å². The van der Waals surface area contributed by atoms with Gasteiger partial charge < -0.3 is 4.74 Å². The number of nitrogens with zero attached hydrogens (tertiary/aromatic N) is 1. The van der Waals surface area contributed by atoms with Crippen molar-refractivity contribution in [1.82, 2.24) is 0 Å². The SMILES string of the molecule is CCCOc1cccc(C=C(C#N)S(=O)(=O)c2ccc(Cl)cc2)c1. The molecule has 2 aromatic rings. The average Bonchev–Trinajstić information content (AvgIpc) is 2.58. The van der Waals surface area contributed by atoms with Crippen LogP contribution in [0.5, 0.6) is 5.75 Å². The molecule has 2 aromatic carbocycles. The Morgan fingerprint density at radius 3 is 2.58 bits per heavy atom. The summed E-state index contributed by atoms with van der Waals surface area (Å²) in [5.74, 6) is 0.631. The van der Waals surface area contributed by atoms with Gasteiger partial charge in [0.1, 0.15) is 16.7 Å². The van der Waals surface area contributed by atoms with Gasteiger partial charge in [-0.3, -0.25) is 0 Å². The standard InChI is InChI=1S/C18H16ClNO3S/c1-2-10-23-16-5-3-4-14(11-16)12-18(13-20)24(21,22)17-8-6-15(19)7-9-17/h3-9,11-12H,2,10H2,1H3. The van der Waals surface area contributed by atoms with Gasteiger partial charge in [0.25, 0.3) is 0 Å². The Bertz CT molecular complexity index is 881. The van der Waals surface area contributed by atoms with E-state index >= 15 is 0 Å². The summed E-state index contributed by atoms with van der Waals surface area (Å²) in [4.78, 5) is -0.310. The van der Waals surface area contributed by atoms with Crippen molar-refractivity contribution in [2.75, 3.05) is 6.61 Å². The highest BCUT2D eigenvalue weighted by Crippen LogP contribution is 2.24. The van der Waals surface area contributed by atoms with E-state index in [-0.39, 0.29) is 9.80 Å². The quantitative estimate of drug-likeness (QED) is 0.712. The summed E-state index contributed by atoms with van der Waals surface area (Å²) in [6.07, 6.45) is 2.21. The highest BCUT2D eigenvalue weighted by Gasteiger charge is 2.20. The molecule has 0 spiro atoms. The summed E-state index contributed by atoms with van der Waals surface area (Å²) in [6, 6.07) is 14.4. The lowest BCUT2D eigenvalue weighted by molar-refractivity contribution is 0.317. The molecule has 0 saturated carbocycles. The number of nitriles is 1. The van der Waals surface area contributed by atoms with Crippen LogP contribution in [0.15, 0.2) is 58.3 Å². The minimum atomic E-state index is -3.90. The molecule has 0 aliphatic heterocycles. The third kappa shape index (κ3) is 4.38. The fourth-order valence-corrected chi connectivity index (χ4v) is 3.26. The fraction of sp³-hybridized carbons (Fsp3) is 0.167. The lowest BCUT2D eigenvalue weighted by atomic mass is 10.2. The predicted molar refractivity (Wildman–Crippen MR) is 94.5 cm³/mol. The third-order valence-electron chi connectivity index (χ3n) is 3.15. The van der Waals surface area contributed by atoms with Crippen molar-refractivity contribution in [2.24, 2.45) is 0 Å². The highest BCUT2D eigenvalue weighted by molar-refractivity contribution is 7.95. The van der Waals surface area contributed by atoms with Crippen LogP contribution in [0, 0.1) is 11.3 Å². The predicted octanol–water partition coefficient (Wildman–Crippen LogP) is 4.47. The topological polar surface area (TPSA) is 67.2 Å². The number of hydrogen-bond acceptors (Lipinski definition) is 4. The molecule has 124 valence electrons. The van der Waals surface area contributed by atoms with Crippen LogP contribution in [0.2, 0.25) is 5.02 Å². The summed E-state index contributed by atoms with van der Waals surface area (Å²) in [5, 5.41) is 9.72. The smallest absolute Gasteiger partial charge is 0.216 e. The molecule has 4 nitrogen and oxygen atoms in total. The maximum absolute atomic E-state index is 12.6. The largest absolute Gasteiger partial charge is 0.494 e. The van der Waals surface area contributed by atoms with Gasteiger partial charge in [-0.05, 0) is 54.5 Å². The van der Waals surface area contributed by atoms with E-state index in [4.69, 9.17) is 16.3 Å². The first-order valence-corrected chi connectivity index (χ1v) is 9.19. The molecule has 24 heavy (non-hydrogen) atoms. The Labute approximate surface area is 146 Å². The van der Waals surface area contributed by atoms with Crippen molar-refractivity contribution in [3.63, 3.8) is 0 Å². The zero-order valence-corrected chi connectivity index (χ0v) is 14.6. The Morgan fingerprint density at radius 2 is 1.96 bits per heavy atom. The minimum Gasteiger partial charge on any atom is -0.494 e. The van der Waals surface area contributed by atoms with Crippen LogP contribution in [0.4, 0.5) is 0 Å². The van der Waals surface area contributed by atoms with Crippen molar-refractivity contribution in [1.29, 1.82) is 5.26 Å². The monoisotopic (exact) mass is 361 g/mol. The van der Waals surface area contributed by atoms with Crippen molar-refractivity contribution in [2.45, 2.75) is 18.2 Å². The summed E-state index contributed by atoms with van der Waals surface area (Å²) < 4.78 is 30.7. The minimum absolute atomic E-state index is 0.0260. The van der Waals surface area contributed by atoms with Gasteiger partial charge in [0.2, 0.25) is 9.84 Å². The van der Waals surface area contributed by atoms with Crippen LogP contribution in [-0.2, 0) is 9.84 Å². The first-order chi connectivity index (χ1) is 11.5. The zero-order chi connectivity index (χ0) is 17.6. The summed E-state index contributed by atoms with van der Waals surface area (Å²) in [6.45, 7) is 2.57. The summed E-state index contributed by atoms with van der Waals surface area (Å²) in [7, 11) is -3.90. The summed E-state index contributed by atoms with van der Waals surface area (Å²) >= 11 is 5.78. The number of allylic oxidation sites excluding steroid dienone is 1. The number of rotatable bonds is 6. The third-order valence-corrected chi connectivity index (χ3v) is 5.09. The Hall–Kier alpha value is -2.29. The van der Waals surface area contributed by atoms with E-state index in [0.29, 0.717) is 22.9 Å². The highest BCUT2D eigenvalue weighted by atomic mass is 35.5. The van der Waals surface area contributed by atoms with E-state index in [0.717, 1.165) is 6.42 Å². The second-order valence-corrected chi connectivity index (χ2v) is 7.35. The van der Waals surface area contributed by atoms with Crippen LogP contribution in [-0.4, -0.2) is 15.0 Å². The van der Waals surface area contributed by atoms with E-state index in [1.165, 1.54) is 30.3 Å². The van der Waals surface area contributed by atoms with Gasteiger partial charge in [0, 0.05) is 5.02 Å². The van der Waals surface area contributed by atoms with Gasteiger partial charge in [0.15, 0.2) is 0 Å². The molecule has 6 heteroatoms. The van der Waals surface area contributed by atoms with Gasteiger partial charge in [0.05, 0.1) is 11.5 Å². The molecule has 2 rings (SSSR count). The second-order valence-electron chi connectivity index (χ2n) is 5.00. The zero-order valence-electron chi connectivity index (χ0n) is 13.1. The van der Waals surface area contributed by atoms with Crippen molar-refractivity contribution >= 4 is 27.5 Å². The van der Waals surface area contributed by atoms with Gasteiger partial charge in [-0.15, -0.1) is 0 Å².